The molecule has 0 aliphatic rings. The highest BCUT2D eigenvalue weighted by Gasteiger charge is 2.07. The number of hydrogen-bond acceptors (Lipinski definition) is 2. The summed E-state index contributed by atoms with van der Waals surface area (Å²) in [6.45, 7) is 1.92. The number of rotatable bonds is 0. The van der Waals surface area contributed by atoms with Crippen LogP contribution in [0.3, 0.4) is 0 Å². The quantitative estimate of drug-likeness (QED) is 0.606. The van der Waals surface area contributed by atoms with Crippen LogP contribution in [0.25, 0.3) is 10.9 Å². The molecule has 0 radical (unpaired) electrons. The number of fused-ring (bicyclic) bond motifs is 1. The van der Waals surface area contributed by atoms with Gasteiger partial charge in [-0.2, -0.15) is 10.4 Å². The number of hydrogen-bond donors (Lipinski definition) is 0. The molecule has 0 unspecified atom stereocenters. The topological polar surface area (TPSA) is 41.6 Å². The normalized spacial score (nSPS) is 10.2. The molecule has 0 amide bonds. The van der Waals surface area contributed by atoms with E-state index in [0.717, 1.165) is 16.6 Å². The molecule has 3 heteroatoms. The summed E-state index contributed by atoms with van der Waals surface area (Å²) in [7, 11) is 1.89. The van der Waals surface area contributed by atoms with E-state index in [1.807, 2.05) is 32.2 Å². The zero-order valence-corrected chi connectivity index (χ0v) is 7.57. The predicted octanol–water partition coefficient (Wildman–Crippen LogP) is 1.75. The Balaban J connectivity index is 2.99. The molecule has 0 atom stereocenters. The number of nitrogens with zero attached hydrogens (tertiary/aromatic N) is 3. The van der Waals surface area contributed by atoms with Crippen LogP contribution in [0.1, 0.15) is 11.3 Å². The Labute approximate surface area is 76.2 Å². The molecule has 1 aromatic heterocycles. The molecule has 0 aliphatic heterocycles. The Morgan fingerprint density at radius 2 is 2.23 bits per heavy atom. The molecule has 0 aliphatic carbocycles. The lowest BCUT2D eigenvalue weighted by atomic mass is 10.1. The fourth-order valence-electron chi connectivity index (χ4n) is 1.61. The molecule has 2 aromatic rings. The molecule has 13 heavy (non-hydrogen) atoms. The second-order valence-electron chi connectivity index (χ2n) is 3.02. The Bertz CT molecular complexity index is 503. The fourth-order valence-corrected chi connectivity index (χ4v) is 1.61. The third kappa shape index (κ3) is 0.994. The molecular weight excluding hydrogens is 162 g/mol. The summed E-state index contributed by atoms with van der Waals surface area (Å²) in [6, 6.07) is 7.83. The number of aromatic nitrogens is 2. The minimum atomic E-state index is 0.697. The summed E-state index contributed by atoms with van der Waals surface area (Å²) in [6.07, 6.45) is 0. The second-order valence-corrected chi connectivity index (χ2v) is 3.02. The molecule has 1 aromatic carbocycles. The number of benzene rings is 1. The third-order valence-corrected chi connectivity index (χ3v) is 2.17. The molecule has 0 fully saturated rings. The molecule has 3 nitrogen and oxygen atoms in total. The lowest BCUT2D eigenvalue weighted by Gasteiger charge is -1.94. The lowest BCUT2D eigenvalue weighted by molar-refractivity contribution is 0.783. The molecular formula is C10H9N3. The molecule has 2 rings (SSSR count). The van der Waals surface area contributed by atoms with Gasteiger partial charge >= 0.3 is 0 Å². The van der Waals surface area contributed by atoms with E-state index in [1.165, 1.54) is 0 Å². The van der Waals surface area contributed by atoms with Gasteiger partial charge in [-0.3, -0.25) is 4.68 Å². The van der Waals surface area contributed by atoms with E-state index < -0.39 is 0 Å². The van der Waals surface area contributed by atoms with Gasteiger partial charge in [0.1, 0.15) is 0 Å². The minimum Gasteiger partial charge on any atom is -0.268 e. The largest absolute Gasteiger partial charge is 0.268 e. The van der Waals surface area contributed by atoms with Gasteiger partial charge in [0, 0.05) is 12.4 Å². The van der Waals surface area contributed by atoms with Gasteiger partial charge in [-0.05, 0) is 19.1 Å². The van der Waals surface area contributed by atoms with Crippen molar-refractivity contribution in [3.8, 4) is 6.07 Å². The fraction of sp³-hybridized carbons (Fsp3) is 0.200. The zero-order valence-electron chi connectivity index (χ0n) is 7.57. The van der Waals surface area contributed by atoms with Gasteiger partial charge in [0.25, 0.3) is 0 Å². The zero-order chi connectivity index (χ0) is 9.42. The van der Waals surface area contributed by atoms with Crippen molar-refractivity contribution in [3.63, 3.8) is 0 Å². The van der Waals surface area contributed by atoms with Crippen molar-refractivity contribution in [3.05, 3.63) is 29.5 Å². The van der Waals surface area contributed by atoms with Crippen LogP contribution in [-0.4, -0.2) is 9.78 Å². The molecule has 64 valence electrons. The van der Waals surface area contributed by atoms with E-state index in [9.17, 15) is 0 Å². The first kappa shape index (κ1) is 7.81. The first-order valence-corrected chi connectivity index (χ1v) is 4.06. The maximum absolute atomic E-state index is 8.88. The molecule has 0 saturated heterocycles. The van der Waals surface area contributed by atoms with Gasteiger partial charge in [0.15, 0.2) is 0 Å². The average molecular weight is 171 g/mol. The SMILES string of the molecule is Cc1nn(C)c2cccc(C#N)c12. The number of aryl methyl sites for hydroxylation is 2. The smallest absolute Gasteiger partial charge is 0.0999 e. The maximum atomic E-state index is 8.88. The summed E-state index contributed by atoms with van der Waals surface area (Å²) >= 11 is 0. The van der Waals surface area contributed by atoms with Crippen LogP contribution in [0.5, 0.6) is 0 Å². The van der Waals surface area contributed by atoms with Crippen LogP contribution in [0.4, 0.5) is 0 Å². The van der Waals surface area contributed by atoms with E-state index in [2.05, 4.69) is 11.2 Å². The highest BCUT2D eigenvalue weighted by Crippen LogP contribution is 2.20. The molecule has 0 N–H and O–H groups in total. The first-order valence-electron chi connectivity index (χ1n) is 4.06. The second kappa shape index (κ2) is 2.60. The van der Waals surface area contributed by atoms with E-state index >= 15 is 0 Å². The molecule has 0 bridgehead atoms. The van der Waals surface area contributed by atoms with Crippen LogP contribution < -0.4 is 0 Å². The average Bonchev–Trinajstić information content (AvgIpc) is 2.43. The van der Waals surface area contributed by atoms with Crippen LogP contribution in [-0.2, 0) is 7.05 Å². The van der Waals surface area contributed by atoms with Crippen molar-refractivity contribution in [1.82, 2.24) is 9.78 Å². The van der Waals surface area contributed by atoms with Gasteiger partial charge in [-0.25, -0.2) is 0 Å². The van der Waals surface area contributed by atoms with Crippen molar-refractivity contribution in [2.45, 2.75) is 6.92 Å². The summed E-state index contributed by atoms with van der Waals surface area (Å²) < 4.78 is 1.80. The maximum Gasteiger partial charge on any atom is 0.0999 e. The van der Waals surface area contributed by atoms with Gasteiger partial charge in [0.05, 0.1) is 22.8 Å². The standard InChI is InChI=1S/C10H9N3/c1-7-10-8(6-11)4-3-5-9(10)13(2)12-7/h3-5H,1-2H3. The summed E-state index contributed by atoms with van der Waals surface area (Å²) in [5, 5.41) is 14.1. The van der Waals surface area contributed by atoms with Gasteiger partial charge in [-0.1, -0.05) is 6.07 Å². The number of nitriles is 1. The summed E-state index contributed by atoms with van der Waals surface area (Å²) in [4.78, 5) is 0. The van der Waals surface area contributed by atoms with Crippen molar-refractivity contribution in [1.29, 1.82) is 5.26 Å². The lowest BCUT2D eigenvalue weighted by Crippen LogP contribution is -1.88. The monoisotopic (exact) mass is 171 g/mol. The van der Waals surface area contributed by atoms with Gasteiger partial charge in [-0.15, -0.1) is 0 Å². The predicted molar refractivity (Wildman–Crippen MR) is 50.2 cm³/mol. The van der Waals surface area contributed by atoms with E-state index in [4.69, 9.17) is 5.26 Å². The molecule has 0 saturated carbocycles. The van der Waals surface area contributed by atoms with Gasteiger partial charge in [0.2, 0.25) is 0 Å². The molecule has 0 spiro atoms. The van der Waals surface area contributed by atoms with Crippen molar-refractivity contribution in [2.75, 3.05) is 0 Å². The summed E-state index contributed by atoms with van der Waals surface area (Å²) in [5.41, 5.74) is 2.62. The van der Waals surface area contributed by atoms with Crippen LogP contribution in [0.2, 0.25) is 0 Å². The Kier molecular flexibility index (Phi) is 1.56. The third-order valence-electron chi connectivity index (χ3n) is 2.17. The Morgan fingerprint density at radius 3 is 2.92 bits per heavy atom. The Morgan fingerprint density at radius 1 is 1.46 bits per heavy atom. The van der Waals surface area contributed by atoms with Crippen LogP contribution in [0, 0.1) is 18.3 Å². The van der Waals surface area contributed by atoms with Gasteiger partial charge < -0.3 is 0 Å². The first-order chi connectivity index (χ1) is 6.24. The van der Waals surface area contributed by atoms with E-state index in [1.54, 1.807) is 4.68 Å². The van der Waals surface area contributed by atoms with Crippen molar-refractivity contribution < 1.29 is 0 Å². The highest BCUT2D eigenvalue weighted by atomic mass is 15.3. The van der Waals surface area contributed by atoms with Crippen molar-refractivity contribution >= 4 is 10.9 Å². The van der Waals surface area contributed by atoms with E-state index in [-0.39, 0.29) is 0 Å². The van der Waals surface area contributed by atoms with Crippen LogP contribution >= 0.6 is 0 Å². The highest BCUT2D eigenvalue weighted by molar-refractivity contribution is 5.87. The van der Waals surface area contributed by atoms with E-state index in [0.29, 0.717) is 5.56 Å². The van der Waals surface area contributed by atoms with Crippen molar-refractivity contribution in [2.24, 2.45) is 7.05 Å². The Hall–Kier alpha value is -1.82. The summed E-state index contributed by atoms with van der Waals surface area (Å²) in [5.74, 6) is 0. The molecule has 1 heterocycles. The van der Waals surface area contributed by atoms with Crippen LogP contribution in [0.15, 0.2) is 18.2 Å². The minimum absolute atomic E-state index is 0.697.